The van der Waals surface area contributed by atoms with Crippen molar-refractivity contribution in [1.82, 2.24) is 0 Å². The van der Waals surface area contributed by atoms with Gasteiger partial charge in [-0.05, 0) is 28.1 Å². The van der Waals surface area contributed by atoms with Crippen LogP contribution in [0.5, 0.6) is 0 Å². The molecule has 5 nitrogen and oxygen atoms in total. The molecule has 0 aliphatic carbocycles. The van der Waals surface area contributed by atoms with E-state index in [9.17, 15) is 4.79 Å². The normalized spacial score (nSPS) is 21.4. The molecule has 0 aromatic carbocycles. The van der Waals surface area contributed by atoms with Gasteiger partial charge in [0.25, 0.3) is 6.23 Å². The number of ether oxygens (including phenoxy) is 1. The van der Waals surface area contributed by atoms with Crippen LogP contribution in [-0.4, -0.2) is 6.09 Å². The molecule has 2 rings (SSSR count). The van der Waals surface area contributed by atoms with Crippen LogP contribution < -0.4 is 0 Å². The summed E-state index contributed by atoms with van der Waals surface area (Å²) < 4.78 is 10.3. The molecule has 0 radical (unpaired) electrons. The van der Waals surface area contributed by atoms with E-state index in [0.717, 1.165) is 0 Å². The number of hydrogen-bond donors (Lipinski definition) is 0. The predicted octanol–water partition coefficient (Wildman–Crippen LogP) is 2.64. The summed E-state index contributed by atoms with van der Waals surface area (Å²) in [5.74, 6) is 0.455. The first-order valence-electron chi connectivity index (χ1n) is 3.12. The number of carbonyl (C=O) groups excluding carboxylic acids is 1. The van der Waals surface area contributed by atoms with E-state index in [1.54, 1.807) is 12.1 Å². The summed E-state index contributed by atoms with van der Waals surface area (Å²) in [5.41, 5.74) is 0. The van der Waals surface area contributed by atoms with Crippen LogP contribution in [-0.2, 0) is 4.74 Å². The Morgan fingerprint density at radius 1 is 1.50 bits per heavy atom. The molecular formula is C6H3BrN2O3. The maximum absolute atomic E-state index is 10.5. The van der Waals surface area contributed by atoms with E-state index < -0.39 is 12.3 Å². The number of rotatable bonds is 1. The first-order valence-corrected chi connectivity index (χ1v) is 3.92. The Hall–Kier alpha value is -1.17. The van der Waals surface area contributed by atoms with Gasteiger partial charge in [-0.1, -0.05) is 5.11 Å². The molecule has 1 amide bonds. The molecule has 0 bridgehead atoms. The van der Waals surface area contributed by atoms with Gasteiger partial charge in [0.15, 0.2) is 10.4 Å². The minimum atomic E-state index is -0.719. The van der Waals surface area contributed by atoms with Crippen molar-refractivity contribution in [2.24, 2.45) is 10.2 Å². The summed E-state index contributed by atoms with van der Waals surface area (Å²) in [7, 11) is 0. The van der Waals surface area contributed by atoms with E-state index in [-0.39, 0.29) is 0 Å². The molecule has 1 atom stereocenters. The highest BCUT2D eigenvalue weighted by molar-refractivity contribution is 9.10. The second-order valence-electron chi connectivity index (χ2n) is 2.09. The zero-order valence-corrected chi connectivity index (χ0v) is 7.32. The van der Waals surface area contributed by atoms with Crippen LogP contribution in [0.1, 0.15) is 12.0 Å². The lowest BCUT2D eigenvalue weighted by Gasteiger charge is -1.98. The van der Waals surface area contributed by atoms with Crippen molar-refractivity contribution in [3.63, 3.8) is 0 Å². The zero-order valence-electron chi connectivity index (χ0n) is 5.73. The fourth-order valence-electron chi connectivity index (χ4n) is 0.818. The van der Waals surface area contributed by atoms with Crippen molar-refractivity contribution in [2.45, 2.75) is 6.23 Å². The molecule has 2 heterocycles. The fraction of sp³-hybridized carbons (Fsp3) is 0.167. The monoisotopic (exact) mass is 230 g/mol. The number of azo groups is 1. The predicted molar refractivity (Wildman–Crippen MR) is 40.5 cm³/mol. The van der Waals surface area contributed by atoms with E-state index in [4.69, 9.17) is 4.42 Å². The number of cyclic esters (lactones) is 1. The number of furan rings is 1. The molecule has 0 fully saturated rings. The number of amides is 1. The molecule has 1 unspecified atom stereocenters. The number of nitrogens with zero attached hydrogens (tertiary/aromatic N) is 2. The Kier molecular flexibility index (Phi) is 1.69. The zero-order chi connectivity index (χ0) is 8.55. The third-order valence-electron chi connectivity index (χ3n) is 1.29. The molecule has 12 heavy (non-hydrogen) atoms. The molecule has 0 N–H and O–H groups in total. The minimum Gasteiger partial charge on any atom is -0.448 e. The summed E-state index contributed by atoms with van der Waals surface area (Å²) in [6.45, 7) is 0. The third-order valence-corrected chi connectivity index (χ3v) is 1.72. The number of halogens is 1. The largest absolute Gasteiger partial charge is 0.454 e. The van der Waals surface area contributed by atoms with Gasteiger partial charge in [0.05, 0.1) is 0 Å². The van der Waals surface area contributed by atoms with Crippen LogP contribution >= 0.6 is 15.9 Å². The van der Waals surface area contributed by atoms with Gasteiger partial charge < -0.3 is 9.15 Å². The Labute approximate surface area is 75.5 Å². The quantitative estimate of drug-likeness (QED) is 0.746. The molecule has 0 saturated heterocycles. The Morgan fingerprint density at radius 2 is 2.33 bits per heavy atom. The lowest BCUT2D eigenvalue weighted by molar-refractivity contribution is 0.119. The molecule has 6 heteroatoms. The van der Waals surface area contributed by atoms with Crippen LogP contribution in [0.3, 0.4) is 0 Å². The summed E-state index contributed by atoms with van der Waals surface area (Å²) in [6.07, 6.45) is -1.41. The Bertz CT molecular complexity index is 346. The fourth-order valence-corrected chi connectivity index (χ4v) is 1.14. The second-order valence-corrected chi connectivity index (χ2v) is 2.88. The summed E-state index contributed by atoms with van der Waals surface area (Å²) >= 11 is 3.11. The van der Waals surface area contributed by atoms with Crippen molar-refractivity contribution in [1.29, 1.82) is 0 Å². The highest BCUT2D eigenvalue weighted by atomic mass is 79.9. The number of carbonyl (C=O) groups is 1. The minimum absolute atomic E-state index is 0.455. The maximum atomic E-state index is 10.5. The van der Waals surface area contributed by atoms with E-state index >= 15 is 0 Å². The van der Waals surface area contributed by atoms with Gasteiger partial charge in [-0.25, -0.2) is 4.79 Å². The van der Waals surface area contributed by atoms with Crippen molar-refractivity contribution in [3.8, 4) is 0 Å². The first-order chi connectivity index (χ1) is 5.75. The first kappa shape index (κ1) is 7.48. The topological polar surface area (TPSA) is 64.2 Å². The van der Waals surface area contributed by atoms with Crippen LogP contribution in [0.15, 0.2) is 31.4 Å². The van der Waals surface area contributed by atoms with Crippen molar-refractivity contribution in [3.05, 3.63) is 22.6 Å². The van der Waals surface area contributed by atoms with Crippen molar-refractivity contribution in [2.75, 3.05) is 0 Å². The van der Waals surface area contributed by atoms with Crippen molar-refractivity contribution >= 4 is 22.0 Å². The summed E-state index contributed by atoms with van der Waals surface area (Å²) in [6, 6.07) is 3.35. The molecule has 0 spiro atoms. The summed E-state index contributed by atoms with van der Waals surface area (Å²) in [4.78, 5) is 10.5. The lowest BCUT2D eigenvalue weighted by Crippen LogP contribution is -1.96. The van der Waals surface area contributed by atoms with Gasteiger partial charge in [0.1, 0.15) is 0 Å². The van der Waals surface area contributed by atoms with Gasteiger partial charge in [-0.15, -0.1) is 5.11 Å². The van der Waals surface area contributed by atoms with E-state index in [1.807, 2.05) is 0 Å². The average molecular weight is 231 g/mol. The smallest absolute Gasteiger partial charge is 0.448 e. The molecule has 1 aromatic rings. The molecule has 1 aliphatic rings. The highest BCUT2D eigenvalue weighted by Gasteiger charge is 2.24. The van der Waals surface area contributed by atoms with Gasteiger partial charge >= 0.3 is 6.09 Å². The van der Waals surface area contributed by atoms with E-state index in [0.29, 0.717) is 10.4 Å². The molecule has 1 aliphatic heterocycles. The number of hydrogen-bond acceptors (Lipinski definition) is 4. The van der Waals surface area contributed by atoms with E-state index in [1.165, 1.54) is 0 Å². The molecule has 0 saturated carbocycles. The van der Waals surface area contributed by atoms with Gasteiger partial charge in [0, 0.05) is 0 Å². The lowest BCUT2D eigenvalue weighted by atomic mass is 10.4. The standard InChI is InChI=1S/C6H3BrN2O3/c7-4-2-1-3(11-4)5-8-9-6(10)12-5/h1-2,5H. The van der Waals surface area contributed by atoms with Crippen LogP contribution in [0.2, 0.25) is 0 Å². The van der Waals surface area contributed by atoms with Crippen molar-refractivity contribution < 1.29 is 13.9 Å². The molecule has 62 valence electrons. The Morgan fingerprint density at radius 3 is 2.83 bits per heavy atom. The van der Waals surface area contributed by atoms with Gasteiger partial charge in [-0.3, -0.25) is 0 Å². The maximum Gasteiger partial charge on any atom is 0.454 e. The van der Waals surface area contributed by atoms with Crippen LogP contribution in [0.25, 0.3) is 0 Å². The van der Waals surface area contributed by atoms with E-state index in [2.05, 4.69) is 30.9 Å². The summed E-state index contributed by atoms with van der Waals surface area (Å²) in [5, 5.41) is 6.73. The SMILES string of the molecule is O=C1N=NC(c2ccc(Br)o2)O1. The van der Waals surface area contributed by atoms with Gasteiger partial charge in [-0.2, -0.15) is 0 Å². The van der Waals surface area contributed by atoms with Crippen LogP contribution in [0.4, 0.5) is 4.79 Å². The highest BCUT2D eigenvalue weighted by Crippen LogP contribution is 2.27. The van der Waals surface area contributed by atoms with Crippen LogP contribution in [0, 0.1) is 0 Å². The Balaban J connectivity index is 2.22. The third kappa shape index (κ3) is 1.25. The van der Waals surface area contributed by atoms with Gasteiger partial charge in [0.2, 0.25) is 0 Å². The second kappa shape index (κ2) is 2.71. The average Bonchev–Trinajstić information content (AvgIpc) is 2.58. The molecule has 1 aromatic heterocycles. The molecular weight excluding hydrogens is 228 g/mol.